The van der Waals surface area contributed by atoms with E-state index in [1.807, 2.05) is 18.4 Å². The van der Waals surface area contributed by atoms with Crippen molar-refractivity contribution >= 4 is 27.0 Å². The fraction of sp³-hybridized carbons (Fsp3) is 0.308. The van der Waals surface area contributed by atoms with Crippen molar-refractivity contribution in [3.05, 3.63) is 40.7 Å². The number of hydrogen-bond donors (Lipinski definition) is 1. The number of thiophene rings is 1. The summed E-state index contributed by atoms with van der Waals surface area (Å²) in [5.41, 5.74) is 0. The quantitative estimate of drug-likeness (QED) is 0.921. The van der Waals surface area contributed by atoms with Gasteiger partial charge in [0.05, 0.1) is 0 Å². The van der Waals surface area contributed by atoms with E-state index in [1.165, 1.54) is 11.1 Å². The SMILES string of the molecule is CC(Cc1cccs1)Nc1ncccc1S(C)(=O)=O. The predicted molar refractivity (Wildman–Crippen MR) is 78.5 cm³/mol. The molecule has 1 unspecified atom stereocenters. The molecule has 0 saturated heterocycles. The van der Waals surface area contributed by atoms with Crippen LogP contribution in [-0.2, 0) is 16.3 Å². The van der Waals surface area contributed by atoms with Crippen LogP contribution in [-0.4, -0.2) is 25.7 Å². The van der Waals surface area contributed by atoms with Gasteiger partial charge in [-0.1, -0.05) is 6.07 Å². The normalized spacial score (nSPS) is 13.2. The van der Waals surface area contributed by atoms with Crippen molar-refractivity contribution in [2.45, 2.75) is 24.3 Å². The fourth-order valence-electron chi connectivity index (χ4n) is 1.81. The minimum atomic E-state index is -3.26. The average molecular weight is 296 g/mol. The molecule has 4 nitrogen and oxygen atoms in total. The molecule has 19 heavy (non-hydrogen) atoms. The summed E-state index contributed by atoms with van der Waals surface area (Å²) >= 11 is 1.69. The molecule has 0 saturated carbocycles. The third kappa shape index (κ3) is 3.78. The average Bonchev–Trinajstić information content (AvgIpc) is 2.81. The lowest BCUT2D eigenvalue weighted by molar-refractivity contribution is 0.601. The van der Waals surface area contributed by atoms with Gasteiger partial charge >= 0.3 is 0 Å². The molecular weight excluding hydrogens is 280 g/mol. The van der Waals surface area contributed by atoms with Gasteiger partial charge in [-0.15, -0.1) is 11.3 Å². The van der Waals surface area contributed by atoms with E-state index >= 15 is 0 Å². The lowest BCUT2D eigenvalue weighted by atomic mass is 10.2. The van der Waals surface area contributed by atoms with Crippen LogP contribution < -0.4 is 5.32 Å². The van der Waals surface area contributed by atoms with Gasteiger partial charge < -0.3 is 5.32 Å². The molecule has 1 N–H and O–H groups in total. The highest BCUT2D eigenvalue weighted by Gasteiger charge is 2.15. The molecule has 0 amide bonds. The van der Waals surface area contributed by atoms with Crippen molar-refractivity contribution < 1.29 is 8.42 Å². The number of aromatic nitrogens is 1. The summed E-state index contributed by atoms with van der Waals surface area (Å²) < 4.78 is 23.3. The molecule has 6 heteroatoms. The Bertz CT molecular complexity index is 636. The smallest absolute Gasteiger partial charge is 0.179 e. The first kappa shape index (κ1) is 14.0. The van der Waals surface area contributed by atoms with Crippen LogP contribution in [0.1, 0.15) is 11.8 Å². The number of hydrogen-bond acceptors (Lipinski definition) is 5. The molecule has 2 heterocycles. The Labute approximate surface area is 117 Å². The molecule has 0 aliphatic rings. The molecule has 2 aromatic heterocycles. The van der Waals surface area contributed by atoms with E-state index in [9.17, 15) is 8.42 Å². The molecule has 102 valence electrons. The monoisotopic (exact) mass is 296 g/mol. The van der Waals surface area contributed by atoms with Crippen LogP contribution in [0.5, 0.6) is 0 Å². The predicted octanol–water partition coefficient (Wildman–Crippen LogP) is 2.59. The lowest BCUT2D eigenvalue weighted by Crippen LogP contribution is -2.20. The zero-order chi connectivity index (χ0) is 13.9. The second-order valence-electron chi connectivity index (χ2n) is 4.45. The van der Waals surface area contributed by atoms with Crippen molar-refractivity contribution in [1.82, 2.24) is 4.98 Å². The summed E-state index contributed by atoms with van der Waals surface area (Å²) in [5.74, 6) is 0.425. The van der Waals surface area contributed by atoms with Gasteiger partial charge in [0.1, 0.15) is 10.7 Å². The number of nitrogens with one attached hydrogen (secondary N) is 1. The summed E-state index contributed by atoms with van der Waals surface area (Å²) in [7, 11) is -3.26. The number of anilines is 1. The van der Waals surface area contributed by atoms with Gasteiger partial charge in [-0.3, -0.25) is 0 Å². The van der Waals surface area contributed by atoms with Crippen LogP contribution in [0.4, 0.5) is 5.82 Å². The van der Waals surface area contributed by atoms with Gasteiger partial charge in [-0.05, 0) is 30.5 Å². The van der Waals surface area contributed by atoms with Crippen LogP contribution in [0.2, 0.25) is 0 Å². The number of rotatable bonds is 5. The molecule has 0 radical (unpaired) electrons. The maximum Gasteiger partial charge on any atom is 0.179 e. The highest BCUT2D eigenvalue weighted by Crippen LogP contribution is 2.20. The number of sulfone groups is 1. The first-order valence-corrected chi connectivity index (χ1v) is 8.68. The van der Waals surface area contributed by atoms with Crippen LogP contribution in [0.3, 0.4) is 0 Å². The topological polar surface area (TPSA) is 59.1 Å². The molecular formula is C13H16N2O2S2. The Morgan fingerprint density at radius 3 is 2.79 bits per heavy atom. The largest absolute Gasteiger partial charge is 0.366 e. The number of pyridine rings is 1. The molecule has 0 spiro atoms. The van der Waals surface area contributed by atoms with Crippen molar-refractivity contribution in [2.75, 3.05) is 11.6 Å². The summed E-state index contributed by atoms with van der Waals surface area (Å²) in [6.07, 6.45) is 3.63. The Morgan fingerprint density at radius 2 is 2.16 bits per heavy atom. The van der Waals surface area contributed by atoms with Crippen LogP contribution in [0.25, 0.3) is 0 Å². The molecule has 1 atom stereocenters. The third-order valence-corrected chi connectivity index (χ3v) is 4.67. The van der Waals surface area contributed by atoms with Crippen molar-refractivity contribution in [3.63, 3.8) is 0 Å². The lowest BCUT2D eigenvalue weighted by Gasteiger charge is -2.15. The van der Waals surface area contributed by atoms with Gasteiger partial charge in [0, 0.05) is 29.8 Å². The molecule has 2 aromatic rings. The summed E-state index contributed by atoms with van der Waals surface area (Å²) in [4.78, 5) is 5.63. The molecule has 0 aliphatic heterocycles. The molecule has 2 rings (SSSR count). The molecule has 0 aliphatic carbocycles. The molecule has 0 bridgehead atoms. The summed E-state index contributed by atoms with van der Waals surface area (Å²) in [5, 5.41) is 5.20. The first-order valence-electron chi connectivity index (χ1n) is 5.91. The van der Waals surface area contributed by atoms with E-state index in [2.05, 4.69) is 16.4 Å². The van der Waals surface area contributed by atoms with E-state index in [-0.39, 0.29) is 10.9 Å². The molecule has 0 fully saturated rings. The van der Waals surface area contributed by atoms with E-state index in [1.54, 1.807) is 29.7 Å². The van der Waals surface area contributed by atoms with Gasteiger partial charge in [0.15, 0.2) is 9.84 Å². The van der Waals surface area contributed by atoms with Crippen LogP contribution in [0.15, 0.2) is 40.7 Å². The van der Waals surface area contributed by atoms with Gasteiger partial charge in [-0.2, -0.15) is 0 Å². The minimum Gasteiger partial charge on any atom is -0.366 e. The maximum absolute atomic E-state index is 11.7. The van der Waals surface area contributed by atoms with Crippen molar-refractivity contribution in [2.24, 2.45) is 0 Å². The molecule has 0 aromatic carbocycles. The highest BCUT2D eigenvalue weighted by molar-refractivity contribution is 7.90. The van der Waals surface area contributed by atoms with Gasteiger partial charge in [-0.25, -0.2) is 13.4 Å². The van der Waals surface area contributed by atoms with E-state index in [0.717, 1.165) is 6.42 Å². The van der Waals surface area contributed by atoms with Crippen LogP contribution >= 0.6 is 11.3 Å². The maximum atomic E-state index is 11.7. The second kappa shape index (κ2) is 5.71. The van der Waals surface area contributed by atoms with Crippen molar-refractivity contribution in [1.29, 1.82) is 0 Å². The Kier molecular flexibility index (Phi) is 4.21. The minimum absolute atomic E-state index is 0.119. The standard InChI is InChI=1S/C13H16N2O2S2/c1-10(9-11-5-4-8-18-11)15-13-12(19(2,16)17)6-3-7-14-13/h3-8,10H,9H2,1-2H3,(H,14,15). The van der Waals surface area contributed by atoms with Crippen LogP contribution in [0, 0.1) is 0 Å². The summed E-state index contributed by atoms with van der Waals surface area (Å²) in [6.45, 7) is 2.01. The Balaban J connectivity index is 2.15. The van der Waals surface area contributed by atoms with Crippen molar-refractivity contribution in [3.8, 4) is 0 Å². The van der Waals surface area contributed by atoms with E-state index < -0.39 is 9.84 Å². The highest BCUT2D eigenvalue weighted by atomic mass is 32.2. The Hall–Kier alpha value is -1.40. The van der Waals surface area contributed by atoms with Gasteiger partial charge in [0.25, 0.3) is 0 Å². The fourth-order valence-corrected chi connectivity index (χ4v) is 3.44. The zero-order valence-corrected chi connectivity index (χ0v) is 12.5. The summed E-state index contributed by atoms with van der Waals surface area (Å²) in [6, 6.07) is 7.40. The van der Waals surface area contributed by atoms with Gasteiger partial charge in [0.2, 0.25) is 0 Å². The third-order valence-electron chi connectivity index (χ3n) is 2.64. The van der Waals surface area contributed by atoms with E-state index in [0.29, 0.717) is 5.82 Å². The second-order valence-corrected chi connectivity index (χ2v) is 7.47. The number of nitrogens with zero attached hydrogens (tertiary/aromatic N) is 1. The first-order chi connectivity index (χ1) is 8.97. The zero-order valence-electron chi connectivity index (χ0n) is 10.8. The van der Waals surface area contributed by atoms with E-state index in [4.69, 9.17) is 0 Å². The Morgan fingerprint density at radius 1 is 1.37 bits per heavy atom.